The second kappa shape index (κ2) is 24.3. The molecule has 0 aliphatic carbocycles. The first-order valence-electron chi connectivity index (χ1n) is 24.1. The molecule has 0 saturated carbocycles. The number of oxime groups is 1. The number of halogens is 1. The highest BCUT2D eigenvalue weighted by Gasteiger charge is 2.55. The molecular formula is C57H52ClN7O7S4. The lowest BCUT2D eigenvalue weighted by Crippen LogP contribution is -2.71. The van der Waals surface area contributed by atoms with Crippen LogP contribution in [-0.4, -0.2) is 79.5 Å². The van der Waals surface area contributed by atoms with Crippen LogP contribution in [-0.2, 0) is 40.0 Å². The van der Waals surface area contributed by atoms with E-state index in [9.17, 15) is 14.4 Å². The number of thiazole rings is 1. The number of carbonyl (C=O) groups excluding carboxylic acids is 4. The van der Waals surface area contributed by atoms with Crippen molar-refractivity contribution in [2.45, 2.75) is 60.3 Å². The Balaban J connectivity index is 1.03. The van der Waals surface area contributed by atoms with Gasteiger partial charge in [-0.05, 0) is 43.5 Å². The zero-order valence-electron chi connectivity index (χ0n) is 41.5. The number of fused-ring (bicyclic) bond motifs is 1. The van der Waals surface area contributed by atoms with Gasteiger partial charge in [0.15, 0.2) is 16.9 Å². The Labute approximate surface area is 462 Å². The predicted octanol–water partition coefficient (Wildman–Crippen LogP) is 11.0. The molecule has 1 fully saturated rings. The van der Waals surface area contributed by atoms with Crippen LogP contribution in [0.15, 0.2) is 191 Å². The number of nitrogens with zero attached hydrogens (tertiary/aromatic N) is 4. The molecule has 4 N–H and O–H groups in total. The standard InChI is InChI=1S/C57H52ClN7O7S4/c1-56(2,3)71-55(69)61-32-33-73-34-38-24-19-31-60-50(38)75-42-35-74-52-45(51(67)65(52)46(42)53(68)70-47(36-20-9-4-10-21-36)37-22-11-5-12-23-37)62-49(66)44(43-48(58)76-54(59)63-43)64-72-57(39-25-13-6-14-26-39,40-27-15-7-16-28-40)41-29-17-8-18-30-41/h4-31,45,47,52H,32-35H2,1-3H3,(H2,59,63)(H,61,69)(H,62,66)/t45-,52+/m1/s1. The molecule has 76 heavy (non-hydrogen) atoms. The third kappa shape index (κ3) is 12.3. The number of ether oxygens (including phenoxy) is 2. The molecule has 0 spiro atoms. The molecule has 2 aliphatic rings. The van der Waals surface area contributed by atoms with Crippen molar-refractivity contribution in [1.82, 2.24) is 25.5 Å². The zero-order chi connectivity index (χ0) is 53.2. The highest BCUT2D eigenvalue weighted by atomic mass is 35.5. The second-order valence-electron chi connectivity index (χ2n) is 18.3. The lowest BCUT2D eigenvalue weighted by Gasteiger charge is -2.49. The fraction of sp³-hybridized carbons (Fsp3) is 0.211. The number of alkyl carbamates (subject to hydrolysis) is 1. The lowest BCUT2D eigenvalue weighted by molar-refractivity contribution is -0.154. The van der Waals surface area contributed by atoms with Crippen molar-refractivity contribution in [3.63, 3.8) is 0 Å². The van der Waals surface area contributed by atoms with E-state index in [-0.39, 0.29) is 32.3 Å². The van der Waals surface area contributed by atoms with Crippen molar-refractivity contribution in [2.24, 2.45) is 5.16 Å². The van der Waals surface area contributed by atoms with Gasteiger partial charge in [-0.25, -0.2) is 19.6 Å². The first-order valence-corrected chi connectivity index (χ1v) is 28.3. The molecule has 2 aliphatic heterocycles. The summed E-state index contributed by atoms with van der Waals surface area (Å²) in [6.07, 6.45) is 0.361. The average Bonchev–Trinajstić information content (AvgIpc) is 3.79. The highest BCUT2D eigenvalue weighted by molar-refractivity contribution is 8.06. The Hall–Kier alpha value is -7.09. The number of anilines is 1. The molecule has 5 aromatic carbocycles. The van der Waals surface area contributed by atoms with E-state index in [1.54, 1.807) is 18.0 Å². The van der Waals surface area contributed by atoms with Gasteiger partial charge in [-0.1, -0.05) is 198 Å². The Bertz CT molecular complexity index is 3100. The molecule has 0 radical (unpaired) electrons. The van der Waals surface area contributed by atoms with Crippen LogP contribution >= 0.6 is 58.2 Å². The molecule has 0 unspecified atom stereocenters. The van der Waals surface area contributed by atoms with Crippen LogP contribution in [0.5, 0.6) is 0 Å². The van der Waals surface area contributed by atoms with Crippen molar-refractivity contribution in [2.75, 3.05) is 23.8 Å². The van der Waals surface area contributed by atoms with Crippen LogP contribution in [0.4, 0.5) is 9.93 Å². The number of rotatable bonds is 19. The van der Waals surface area contributed by atoms with E-state index in [4.69, 9.17) is 36.6 Å². The first-order chi connectivity index (χ1) is 36.8. The third-order valence-corrected chi connectivity index (χ3v) is 16.6. The molecule has 7 aromatic rings. The Morgan fingerprint density at radius 1 is 0.829 bits per heavy atom. The third-order valence-electron chi connectivity index (χ3n) is 11.9. The van der Waals surface area contributed by atoms with Gasteiger partial charge in [-0.15, -0.1) is 11.8 Å². The quantitative estimate of drug-likeness (QED) is 0.0174. The van der Waals surface area contributed by atoms with Gasteiger partial charge in [-0.3, -0.25) is 14.5 Å². The van der Waals surface area contributed by atoms with Crippen LogP contribution in [0, 0.1) is 0 Å². The van der Waals surface area contributed by atoms with Crippen LogP contribution in [0.3, 0.4) is 0 Å². The van der Waals surface area contributed by atoms with E-state index in [0.717, 1.165) is 28.0 Å². The zero-order valence-corrected chi connectivity index (χ0v) is 45.5. The van der Waals surface area contributed by atoms with Gasteiger partial charge in [0.25, 0.3) is 11.8 Å². The maximum absolute atomic E-state index is 15.0. The Kier molecular flexibility index (Phi) is 17.2. The first kappa shape index (κ1) is 53.7. The summed E-state index contributed by atoms with van der Waals surface area (Å²) in [6.45, 7) is 5.82. The number of thioether (sulfide) groups is 3. The number of amides is 3. The summed E-state index contributed by atoms with van der Waals surface area (Å²) in [5, 5.41) is 10.3. The summed E-state index contributed by atoms with van der Waals surface area (Å²) < 4.78 is 11.9. The number of aromatic nitrogens is 2. The van der Waals surface area contributed by atoms with E-state index in [1.165, 1.54) is 28.4 Å². The minimum atomic E-state index is -1.39. The molecule has 1 saturated heterocycles. The van der Waals surface area contributed by atoms with Gasteiger partial charge < -0.3 is 30.7 Å². The molecule has 3 amide bonds. The van der Waals surface area contributed by atoms with Crippen LogP contribution in [0.25, 0.3) is 0 Å². The number of esters is 1. The number of hydrogen-bond donors (Lipinski definition) is 3. The van der Waals surface area contributed by atoms with Gasteiger partial charge in [0.05, 0.1) is 0 Å². The Morgan fingerprint density at radius 2 is 1.39 bits per heavy atom. The SMILES string of the molecule is CC(C)(C)OC(=O)NCCSCc1cccnc1SC1=C(C(=O)OC(c2ccccc2)c2ccccc2)N2C(=O)[C@@H](NC(=O)C(=NOC(c3ccccc3)(c3ccccc3)c3ccccc3)c3nc(N)sc3Cl)[C@@H]2SC1. The summed E-state index contributed by atoms with van der Waals surface area (Å²) >= 11 is 12.0. The molecule has 2 aromatic heterocycles. The van der Waals surface area contributed by atoms with Crippen molar-refractivity contribution in [1.29, 1.82) is 0 Å². The van der Waals surface area contributed by atoms with Crippen molar-refractivity contribution in [3.05, 3.63) is 224 Å². The molecule has 0 bridgehead atoms. The summed E-state index contributed by atoms with van der Waals surface area (Å²) in [5.41, 5.74) is 8.35. The van der Waals surface area contributed by atoms with Crippen molar-refractivity contribution in [3.8, 4) is 0 Å². The minimum Gasteiger partial charge on any atom is -0.448 e. The summed E-state index contributed by atoms with van der Waals surface area (Å²) in [5.74, 6) is -0.707. The largest absolute Gasteiger partial charge is 0.448 e. The predicted molar refractivity (Wildman–Crippen MR) is 302 cm³/mol. The van der Waals surface area contributed by atoms with E-state index in [0.29, 0.717) is 44.7 Å². The van der Waals surface area contributed by atoms with Crippen molar-refractivity contribution < 1.29 is 33.5 Å². The number of hydrogen-bond acceptors (Lipinski definition) is 15. The number of carbonyl (C=O) groups is 4. The van der Waals surface area contributed by atoms with Gasteiger partial charge in [-0.2, -0.15) is 11.8 Å². The van der Waals surface area contributed by atoms with E-state index in [1.807, 2.05) is 185 Å². The molecule has 2 atom stereocenters. The van der Waals surface area contributed by atoms with E-state index in [2.05, 4.69) is 20.8 Å². The maximum Gasteiger partial charge on any atom is 0.407 e. The summed E-state index contributed by atoms with van der Waals surface area (Å²) in [7, 11) is 0. The number of nitrogens with two attached hydrogens (primary N) is 1. The van der Waals surface area contributed by atoms with Crippen LogP contribution in [0.2, 0.25) is 4.34 Å². The molecule has 388 valence electrons. The summed E-state index contributed by atoms with van der Waals surface area (Å²) in [4.78, 5) is 74.8. The molecule has 4 heterocycles. The Morgan fingerprint density at radius 3 is 1.93 bits per heavy atom. The normalized spacial score (nSPS) is 15.6. The fourth-order valence-corrected chi connectivity index (χ4v) is 12.9. The van der Waals surface area contributed by atoms with E-state index < -0.39 is 52.6 Å². The van der Waals surface area contributed by atoms with Crippen LogP contribution in [0.1, 0.15) is 65.9 Å². The molecule has 19 heteroatoms. The monoisotopic (exact) mass is 1110 g/mol. The molecular weight excluding hydrogens is 1060 g/mol. The van der Waals surface area contributed by atoms with Crippen LogP contribution < -0.4 is 16.4 Å². The minimum absolute atomic E-state index is 0.0379. The van der Waals surface area contributed by atoms with E-state index >= 15 is 4.79 Å². The molecule has 14 nitrogen and oxygen atoms in total. The number of nitrogen functional groups attached to an aromatic ring is 1. The lowest BCUT2D eigenvalue weighted by atomic mass is 9.80. The topological polar surface area (TPSA) is 187 Å². The summed E-state index contributed by atoms with van der Waals surface area (Å²) in [6, 6.07) is 49.9. The number of β-lactam (4-membered cyclic amide) rings is 1. The number of nitrogens with one attached hydrogen (secondary N) is 2. The second-order valence-corrected chi connectivity index (χ2v) is 23.2. The number of benzene rings is 5. The average molecular weight is 1110 g/mol. The van der Waals surface area contributed by atoms with Gasteiger partial charge in [0, 0.05) is 51.6 Å². The maximum atomic E-state index is 15.0. The highest BCUT2D eigenvalue weighted by Crippen LogP contribution is 2.47. The van der Waals surface area contributed by atoms with Gasteiger partial charge >= 0.3 is 12.1 Å². The van der Waals surface area contributed by atoms with Crippen molar-refractivity contribution >= 4 is 92.9 Å². The smallest absolute Gasteiger partial charge is 0.407 e. The number of pyridine rings is 1. The van der Waals surface area contributed by atoms with Gasteiger partial charge in [0.2, 0.25) is 5.60 Å². The fourth-order valence-electron chi connectivity index (χ4n) is 8.53. The molecule has 9 rings (SSSR count). The van der Waals surface area contributed by atoms with Gasteiger partial charge in [0.1, 0.15) is 37.8 Å².